The minimum atomic E-state index is -0.417. The Balaban J connectivity index is 2.15. The van der Waals surface area contributed by atoms with Gasteiger partial charge in [0.2, 0.25) is 0 Å². The minimum absolute atomic E-state index is 0.221. The van der Waals surface area contributed by atoms with Gasteiger partial charge in [-0.25, -0.2) is 14.8 Å². The van der Waals surface area contributed by atoms with Crippen molar-refractivity contribution >= 4 is 23.4 Å². The van der Waals surface area contributed by atoms with Crippen LogP contribution in [0.25, 0.3) is 0 Å². The first-order valence-corrected chi connectivity index (χ1v) is 7.98. The molecule has 0 saturated heterocycles. The predicted molar refractivity (Wildman–Crippen MR) is 94.9 cm³/mol. The van der Waals surface area contributed by atoms with Crippen LogP contribution in [0.1, 0.15) is 48.5 Å². The van der Waals surface area contributed by atoms with Crippen LogP contribution in [-0.2, 0) is 4.74 Å². The quantitative estimate of drug-likeness (QED) is 0.812. The van der Waals surface area contributed by atoms with Gasteiger partial charge in [0.1, 0.15) is 11.5 Å². The second kappa shape index (κ2) is 7.74. The third-order valence-corrected chi connectivity index (χ3v) is 3.06. The van der Waals surface area contributed by atoms with Gasteiger partial charge in [0.15, 0.2) is 0 Å². The summed E-state index contributed by atoms with van der Waals surface area (Å²) < 4.78 is 5.04. The second-order valence-electron chi connectivity index (χ2n) is 6.38. The number of rotatable bonds is 5. The smallest absolute Gasteiger partial charge is 0.340 e. The number of nitrogens with one attached hydrogen (secondary N) is 2. The summed E-state index contributed by atoms with van der Waals surface area (Å²) in [6.07, 6.45) is 2.83. The summed E-state index contributed by atoms with van der Waals surface area (Å²) >= 11 is 0. The fourth-order valence-electron chi connectivity index (χ4n) is 2.03. The number of anilines is 2. The summed E-state index contributed by atoms with van der Waals surface area (Å²) in [6, 6.07) is 6.96. The van der Waals surface area contributed by atoms with Crippen molar-refractivity contribution in [2.24, 2.45) is 0 Å². The molecule has 0 fully saturated rings. The molecule has 0 saturated carbocycles. The highest BCUT2D eigenvalue weighted by molar-refractivity contribution is 5.96. The van der Waals surface area contributed by atoms with Crippen LogP contribution < -0.4 is 10.6 Å². The topological polar surface area (TPSA) is 93.2 Å². The third kappa shape index (κ3) is 5.27. The van der Waals surface area contributed by atoms with Crippen LogP contribution in [0, 0.1) is 0 Å². The van der Waals surface area contributed by atoms with Gasteiger partial charge in [-0.1, -0.05) is 12.1 Å². The first kappa shape index (κ1) is 18.4. The highest BCUT2D eigenvalue weighted by Crippen LogP contribution is 2.20. The molecule has 0 aliphatic heterocycles. The molecule has 0 spiro atoms. The number of benzene rings is 1. The molecule has 7 heteroatoms. The van der Waals surface area contributed by atoms with Gasteiger partial charge in [-0.15, -0.1) is 0 Å². The van der Waals surface area contributed by atoms with E-state index in [-0.39, 0.29) is 17.1 Å². The number of hydrogen-bond donors (Lipinski definition) is 2. The van der Waals surface area contributed by atoms with E-state index in [1.165, 1.54) is 12.4 Å². The van der Waals surface area contributed by atoms with E-state index in [0.717, 1.165) is 0 Å². The molecule has 0 aliphatic carbocycles. The zero-order valence-corrected chi connectivity index (χ0v) is 14.8. The van der Waals surface area contributed by atoms with Crippen LogP contribution >= 0.6 is 0 Å². The van der Waals surface area contributed by atoms with Gasteiger partial charge in [-0.05, 0) is 39.8 Å². The molecule has 0 radical (unpaired) electrons. The van der Waals surface area contributed by atoms with Crippen LogP contribution in [0.5, 0.6) is 0 Å². The van der Waals surface area contributed by atoms with Crippen molar-refractivity contribution in [2.75, 3.05) is 11.9 Å². The SMILES string of the molecule is CCOC(=O)c1ccccc1Nc1cnc(C(=O)NC(C)(C)C)cn1. The van der Waals surface area contributed by atoms with E-state index in [2.05, 4.69) is 20.6 Å². The highest BCUT2D eigenvalue weighted by Gasteiger charge is 2.17. The molecule has 2 rings (SSSR count). The van der Waals surface area contributed by atoms with Crippen LogP contribution in [0.3, 0.4) is 0 Å². The Kier molecular flexibility index (Phi) is 5.69. The summed E-state index contributed by atoms with van der Waals surface area (Å²) in [7, 11) is 0. The van der Waals surface area contributed by atoms with Gasteiger partial charge >= 0.3 is 5.97 Å². The van der Waals surface area contributed by atoms with Crippen molar-refractivity contribution in [3.63, 3.8) is 0 Å². The van der Waals surface area contributed by atoms with Crippen molar-refractivity contribution in [3.05, 3.63) is 47.9 Å². The standard InChI is InChI=1S/C18H22N4O3/c1-5-25-17(24)12-8-6-7-9-13(12)21-15-11-19-14(10-20-15)16(23)22-18(2,3)4/h6-11H,5H2,1-4H3,(H,20,21)(H,22,23). The van der Waals surface area contributed by atoms with E-state index in [4.69, 9.17) is 4.74 Å². The van der Waals surface area contributed by atoms with Gasteiger partial charge in [-0.3, -0.25) is 4.79 Å². The number of aromatic nitrogens is 2. The third-order valence-electron chi connectivity index (χ3n) is 3.06. The lowest BCUT2D eigenvalue weighted by molar-refractivity contribution is 0.0527. The Morgan fingerprint density at radius 3 is 2.44 bits per heavy atom. The average Bonchev–Trinajstić information content (AvgIpc) is 2.54. The molecule has 1 heterocycles. The lowest BCUT2D eigenvalue weighted by atomic mass is 10.1. The summed E-state index contributed by atoms with van der Waals surface area (Å²) in [4.78, 5) is 32.3. The number of ether oxygens (including phenoxy) is 1. The van der Waals surface area contributed by atoms with E-state index in [1.54, 1.807) is 31.2 Å². The first-order chi connectivity index (χ1) is 11.8. The zero-order chi connectivity index (χ0) is 18.4. The molecule has 0 bridgehead atoms. The summed E-state index contributed by atoms with van der Waals surface area (Å²) in [5, 5.41) is 5.84. The largest absolute Gasteiger partial charge is 0.462 e. The number of amides is 1. The number of carbonyl (C=O) groups excluding carboxylic acids is 2. The number of esters is 1. The lowest BCUT2D eigenvalue weighted by Gasteiger charge is -2.20. The van der Waals surface area contributed by atoms with E-state index in [9.17, 15) is 9.59 Å². The molecule has 132 valence electrons. The molecule has 2 N–H and O–H groups in total. The van der Waals surface area contributed by atoms with Gasteiger partial charge in [0, 0.05) is 5.54 Å². The van der Waals surface area contributed by atoms with E-state index in [1.807, 2.05) is 20.8 Å². The Morgan fingerprint density at radius 2 is 1.84 bits per heavy atom. The number of hydrogen-bond acceptors (Lipinski definition) is 6. The van der Waals surface area contributed by atoms with Gasteiger partial charge in [-0.2, -0.15) is 0 Å². The number of nitrogens with zero attached hydrogens (tertiary/aromatic N) is 2. The summed E-state index contributed by atoms with van der Waals surface area (Å²) in [5.74, 6) is -0.290. The van der Waals surface area contributed by atoms with Gasteiger partial charge < -0.3 is 15.4 Å². The number of para-hydroxylation sites is 1. The molecule has 0 atom stereocenters. The summed E-state index contributed by atoms with van der Waals surface area (Å²) in [6.45, 7) is 7.72. The number of carbonyl (C=O) groups is 2. The van der Waals surface area contributed by atoms with Crippen LogP contribution in [-0.4, -0.2) is 34.0 Å². The maximum Gasteiger partial charge on any atom is 0.340 e. The monoisotopic (exact) mass is 342 g/mol. The average molecular weight is 342 g/mol. The molecule has 25 heavy (non-hydrogen) atoms. The Morgan fingerprint density at radius 1 is 1.12 bits per heavy atom. The van der Waals surface area contributed by atoms with E-state index < -0.39 is 5.97 Å². The normalized spacial score (nSPS) is 10.9. The molecule has 1 amide bonds. The zero-order valence-electron chi connectivity index (χ0n) is 14.8. The van der Waals surface area contributed by atoms with E-state index in [0.29, 0.717) is 23.7 Å². The fraction of sp³-hybridized carbons (Fsp3) is 0.333. The van der Waals surface area contributed by atoms with Crippen LogP contribution in [0.2, 0.25) is 0 Å². The fourth-order valence-corrected chi connectivity index (χ4v) is 2.03. The van der Waals surface area contributed by atoms with Crippen LogP contribution in [0.4, 0.5) is 11.5 Å². The molecule has 1 aromatic carbocycles. The van der Waals surface area contributed by atoms with Crippen molar-refractivity contribution in [1.82, 2.24) is 15.3 Å². The molecular weight excluding hydrogens is 320 g/mol. The Bertz CT molecular complexity index is 752. The molecule has 0 unspecified atom stereocenters. The van der Waals surface area contributed by atoms with Crippen molar-refractivity contribution in [2.45, 2.75) is 33.2 Å². The maximum absolute atomic E-state index is 12.1. The Hall–Kier alpha value is -2.96. The van der Waals surface area contributed by atoms with Crippen molar-refractivity contribution < 1.29 is 14.3 Å². The van der Waals surface area contributed by atoms with Crippen LogP contribution in [0.15, 0.2) is 36.7 Å². The van der Waals surface area contributed by atoms with Crippen molar-refractivity contribution in [1.29, 1.82) is 0 Å². The van der Waals surface area contributed by atoms with Crippen molar-refractivity contribution in [3.8, 4) is 0 Å². The predicted octanol–water partition coefficient (Wildman–Crippen LogP) is 2.93. The maximum atomic E-state index is 12.1. The second-order valence-corrected chi connectivity index (χ2v) is 6.38. The van der Waals surface area contributed by atoms with E-state index >= 15 is 0 Å². The summed E-state index contributed by atoms with van der Waals surface area (Å²) in [5.41, 5.74) is 0.829. The molecule has 2 aromatic rings. The molecule has 7 nitrogen and oxygen atoms in total. The van der Waals surface area contributed by atoms with Gasteiger partial charge in [0.25, 0.3) is 5.91 Å². The molecule has 1 aromatic heterocycles. The highest BCUT2D eigenvalue weighted by atomic mass is 16.5. The van der Waals surface area contributed by atoms with Gasteiger partial charge in [0.05, 0.1) is 30.3 Å². The molecule has 0 aliphatic rings. The molecular formula is C18H22N4O3. The lowest BCUT2D eigenvalue weighted by Crippen LogP contribution is -2.40. The minimum Gasteiger partial charge on any atom is -0.462 e. The Labute approximate surface area is 146 Å². The first-order valence-electron chi connectivity index (χ1n) is 7.98.